The number of carbonyl (C=O) groups excluding carboxylic acids is 1. The van der Waals surface area contributed by atoms with Gasteiger partial charge in [-0.3, -0.25) is 4.79 Å². The van der Waals surface area contributed by atoms with Crippen molar-refractivity contribution in [2.45, 2.75) is 26.1 Å². The number of anilines is 1. The monoisotopic (exact) mass is 296 g/mol. The van der Waals surface area contributed by atoms with Crippen LogP contribution in [0.25, 0.3) is 0 Å². The Morgan fingerprint density at radius 1 is 1.26 bits per heavy atom. The van der Waals surface area contributed by atoms with E-state index < -0.39 is 17.6 Å². The summed E-state index contributed by atoms with van der Waals surface area (Å²) in [4.78, 5) is 11.5. The van der Waals surface area contributed by atoms with E-state index >= 15 is 0 Å². The molecule has 1 rings (SSSR count). The van der Waals surface area contributed by atoms with Crippen molar-refractivity contribution in [1.82, 2.24) is 5.32 Å². The van der Waals surface area contributed by atoms with Gasteiger partial charge in [0.25, 0.3) is 0 Å². The van der Waals surface area contributed by atoms with Crippen molar-refractivity contribution < 1.29 is 18.0 Å². The highest BCUT2D eigenvalue weighted by atomic mass is 35.5. The molecule has 0 aliphatic rings. The molecule has 0 spiro atoms. The Labute approximate surface area is 116 Å². The van der Waals surface area contributed by atoms with Crippen LogP contribution in [0.2, 0.25) is 0 Å². The van der Waals surface area contributed by atoms with Crippen molar-refractivity contribution in [1.29, 1.82) is 0 Å². The van der Waals surface area contributed by atoms with Gasteiger partial charge < -0.3 is 10.6 Å². The molecule has 1 amide bonds. The van der Waals surface area contributed by atoms with E-state index in [0.717, 1.165) is 6.07 Å². The molecule has 1 aromatic rings. The molecule has 2 N–H and O–H groups in total. The maximum absolute atomic E-state index is 12.6. The Hall–Kier alpha value is -1.27. The van der Waals surface area contributed by atoms with Crippen molar-refractivity contribution in [3.63, 3.8) is 0 Å². The van der Waals surface area contributed by atoms with Crippen LogP contribution in [0.4, 0.5) is 18.9 Å². The molecule has 0 saturated carbocycles. The fraction of sp³-hybridized carbons (Fsp3) is 0.417. The SMILES string of the molecule is CC(C)NCC(=O)Nc1ccccc1C(F)(F)F.Cl. The van der Waals surface area contributed by atoms with Crippen LogP contribution in [0.1, 0.15) is 19.4 Å². The lowest BCUT2D eigenvalue weighted by molar-refractivity contribution is -0.137. The maximum atomic E-state index is 12.6. The summed E-state index contributed by atoms with van der Waals surface area (Å²) in [7, 11) is 0. The van der Waals surface area contributed by atoms with Crippen molar-refractivity contribution >= 4 is 24.0 Å². The van der Waals surface area contributed by atoms with Crippen molar-refractivity contribution in [3.05, 3.63) is 29.8 Å². The molecule has 3 nitrogen and oxygen atoms in total. The number of hydrogen-bond donors (Lipinski definition) is 2. The van der Waals surface area contributed by atoms with E-state index in [1.165, 1.54) is 18.2 Å². The number of amides is 1. The Balaban J connectivity index is 0.00000324. The maximum Gasteiger partial charge on any atom is 0.418 e. The molecule has 0 saturated heterocycles. The summed E-state index contributed by atoms with van der Waals surface area (Å²) < 4.78 is 37.9. The van der Waals surface area contributed by atoms with Gasteiger partial charge >= 0.3 is 6.18 Å². The van der Waals surface area contributed by atoms with Gasteiger partial charge in [0.15, 0.2) is 0 Å². The molecule has 19 heavy (non-hydrogen) atoms. The quantitative estimate of drug-likeness (QED) is 0.896. The van der Waals surface area contributed by atoms with Crippen LogP contribution >= 0.6 is 12.4 Å². The van der Waals surface area contributed by atoms with Gasteiger partial charge in [-0.1, -0.05) is 26.0 Å². The predicted octanol–water partition coefficient (Wildman–Crippen LogP) is 3.06. The number of benzene rings is 1. The van der Waals surface area contributed by atoms with Gasteiger partial charge in [0, 0.05) is 6.04 Å². The van der Waals surface area contributed by atoms with Crippen LogP contribution in [0.5, 0.6) is 0 Å². The van der Waals surface area contributed by atoms with Crippen LogP contribution in [0.3, 0.4) is 0 Å². The van der Waals surface area contributed by atoms with E-state index in [1.54, 1.807) is 0 Å². The largest absolute Gasteiger partial charge is 0.418 e. The zero-order chi connectivity index (χ0) is 13.8. The molecule has 0 atom stereocenters. The standard InChI is InChI=1S/C12H15F3N2O.ClH/c1-8(2)16-7-11(18)17-10-6-4-3-5-9(10)12(13,14)15;/h3-6,8,16H,7H2,1-2H3,(H,17,18);1H. The second kappa shape index (κ2) is 7.35. The number of halogens is 4. The molecule has 0 heterocycles. The van der Waals surface area contributed by atoms with E-state index in [9.17, 15) is 18.0 Å². The number of rotatable bonds is 4. The molecule has 0 fully saturated rings. The topological polar surface area (TPSA) is 41.1 Å². The second-order valence-corrected chi connectivity index (χ2v) is 4.13. The summed E-state index contributed by atoms with van der Waals surface area (Å²) in [6, 6.07) is 4.99. The molecular formula is C12H16ClF3N2O. The van der Waals surface area contributed by atoms with E-state index in [1.807, 2.05) is 13.8 Å². The number of nitrogens with one attached hydrogen (secondary N) is 2. The van der Waals surface area contributed by atoms with Crippen molar-refractivity contribution in [2.75, 3.05) is 11.9 Å². The van der Waals surface area contributed by atoms with Gasteiger partial charge in [0.05, 0.1) is 17.8 Å². The van der Waals surface area contributed by atoms with E-state index in [0.29, 0.717) is 0 Å². The third kappa shape index (κ3) is 5.94. The third-order valence-corrected chi connectivity index (χ3v) is 2.18. The first-order valence-electron chi connectivity index (χ1n) is 5.50. The van der Waals surface area contributed by atoms with Gasteiger partial charge in [0.2, 0.25) is 5.91 Å². The number of hydrogen-bond acceptors (Lipinski definition) is 2. The first-order chi connectivity index (χ1) is 8.30. The summed E-state index contributed by atoms with van der Waals surface area (Å²) >= 11 is 0. The van der Waals surface area contributed by atoms with E-state index in [4.69, 9.17) is 0 Å². The Kier molecular flexibility index (Phi) is 6.86. The average Bonchev–Trinajstić information content (AvgIpc) is 2.25. The fourth-order valence-electron chi connectivity index (χ4n) is 1.33. The summed E-state index contributed by atoms with van der Waals surface area (Å²) in [6.45, 7) is 3.66. The highest BCUT2D eigenvalue weighted by Crippen LogP contribution is 2.34. The summed E-state index contributed by atoms with van der Waals surface area (Å²) in [5, 5.41) is 5.08. The lowest BCUT2D eigenvalue weighted by atomic mass is 10.1. The van der Waals surface area contributed by atoms with Crippen LogP contribution in [-0.4, -0.2) is 18.5 Å². The molecule has 0 unspecified atom stereocenters. The van der Waals surface area contributed by atoms with E-state index in [-0.39, 0.29) is 30.7 Å². The zero-order valence-corrected chi connectivity index (χ0v) is 11.4. The molecule has 0 aliphatic carbocycles. The Bertz CT molecular complexity index is 422. The molecule has 108 valence electrons. The van der Waals surface area contributed by atoms with Gasteiger partial charge in [-0.05, 0) is 12.1 Å². The highest BCUT2D eigenvalue weighted by molar-refractivity contribution is 5.93. The molecule has 0 aromatic heterocycles. The normalized spacial score (nSPS) is 11.1. The van der Waals surface area contributed by atoms with Crippen LogP contribution in [-0.2, 0) is 11.0 Å². The zero-order valence-electron chi connectivity index (χ0n) is 10.5. The first kappa shape index (κ1) is 17.7. The summed E-state index contributed by atoms with van der Waals surface area (Å²) in [5.74, 6) is -0.500. The molecule has 1 aromatic carbocycles. The molecule has 0 aliphatic heterocycles. The number of para-hydroxylation sites is 1. The lowest BCUT2D eigenvalue weighted by Crippen LogP contribution is -2.33. The fourth-order valence-corrected chi connectivity index (χ4v) is 1.33. The number of alkyl halides is 3. The highest BCUT2D eigenvalue weighted by Gasteiger charge is 2.33. The molecule has 0 radical (unpaired) electrons. The Morgan fingerprint density at radius 3 is 2.37 bits per heavy atom. The third-order valence-electron chi connectivity index (χ3n) is 2.18. The average molecular weight is 297 g/mol. The molecule has 0 bridgehead atoms. The number of carbonyl (C=O) groups is 1. The smallest absolute Gasteiger partial charge is 0.324 e. The minimum atomic E-state index is -4.48. The molecule has 7 heteroatoms. The Morgan fingerprint density at radius 2 is 1.84 bits per heavy atom. The minimum absolute atomic E-state index is 0. The van der Waals surface area contributed by atoms with Crippen LogP contribution < -0.4 is 10.6 Å². The van der Waals surface area contributed by atoms with Gasteiger partial charge in [0.1, 0.15) is 0 Å². The van der Waals surface area contributed by atoms with E-state index in [2.05, 4.69) is 10.6 Å². The predicted molar refractivity (Wildman–Crippen MR) is 70.5 cm³/mol. The van der Waals surface area contributed by atoms with Crippen LogP contribution in [0, 0.1) is 0 Å². The first-order valence-corrected chi connectivity index (χ1v) is 5.50. The summed E-state index contributed by atoms with van der Waals surface area (Å²) in [6.07, 6.45) is -4.48. The van der Waals surface area contributed by atoms with Gasteiger partial charge in [-0.2, -0.15) is 13.2 Å². The van der Waals surface area contributed by atoms with Crippen LogP contribution in [0.15, 0.2) is 24.3 Å². The van der Waals surface area contributed by atoms with Gasteiger partial charge in [-0.15, -0.1) is 12.4 Å². The second-order valence-electron chi connectivity index (χ2n) is 4.13. The molecular weight excluding hydrogens is 281 g/mol. The van der Waals surface area contributed by atoms with Crippen molar-refractivity contribution in [3.8, 4) is 0 Å². The summed E-state index contributed by atoms with van der Waals surface area (Å²) in [5.41, 5.74) is -1.07. The van der Waals surface area contributed by atoms with Crippen molar-refractivity contribution in [2.24, 2.45) is 0 Å². The van der Waals surface area contributed by atoms with Gasteiger partial charge in [-0.25, -0.2) is 0 Å². The minimum Gasteiger partial charge on any atom is -0.324 e. The lowest BCUT2D eigenvalue weighted by Gasteiger charge is -2.14.